The molecule has 0 radical (unpaired) electrons. The van der Waals surface area contributed by atoms with Crippen molar-refractivity contribution >= 4 is 29.7 Å². The van der Waals surface area contributed by atoms with Crippen molar-refractivity contribution in [3.63, 3.8) is 0 Å². The third-order valence-corrected chi connectivity index (χ3v) is 3.72. The fourth-order valence-corrected chi connectivity index (χ4v) is 2.53. The molecule has 0 aliphatic heterocycles. The van der Waals surface area contributed by atoms with E-state index in [1.54, 1.807) is 25.1 Å². The number of aryl methyl sites for hydroxylation is 1. The second kappa shape index (κ2) is 9.59. The molecule has 0 aliphatic rings. The van der Waals surface area contributed by atoms with Gasteiger partial charge in [0.05, 0.1) is 17.8 Å². The largest absolute Gasteiger partial charge is 0.490 e. The number of carbonyl (C=O) groups excluding carboxylic acids is 1. The molecule has 142 valence electrons. The first-order chi connectivity index (χ1) is 12.9. The average molecular weight is 391 g/mol. The van der Waals surface area contributed by atoms with Crippen LogP contribution in [0.2, 0.25) is 5.02 Å². The summed E-state index contributed by atoms with van der Waals surface area (Å²) in [4.78, 5) is 22.8. The van der Waals surface area contributed by atoms with E-state index in [0.717, 1.165) is 5.56 Å². The van der Waals surface area contributed by atoms with Gasteiger partial charge in [0.1, 0.15) is 0 Å². The molecule has 0 spiro atoms. The first-order valence-electron chi connectivity index (χ1n) is 8.12. The van der Waals surface area contributed by atoms with Gasteiger partial charge < -0.3 is 14.6 Å². The van der Waals surface area contributed by atoms with Gasteiger partial charge >= 0.3 is 5.97 Å². The minimum Gasteiger partial charge on any atom is -0.490 e. The van der Waals surface area contributed by atoms with Crippen molar-refractivity contribution in [1.29, 1.82) is 0 Å². The maximum Gasteiger partial charge on any atom is 0.341 e. The zero-order valence-electron chi connectivity index (χ0n) is 14.9. The first-order valence-corrected chi connectivity index (χ1v) is 8.50. The molecular formula is C19H19ClN2O5. The Morgan fingerprint density at radius 2 is 2.00 bits per heavy atom. The molecule has 2 N–H and O–H groups in total. The predicted molar refractivity (Wildman–Crippen MR) is 102 cm³/mol. The third kappa shape index (κ3) is 5.72. The van der Waals surface area contributed by atoms with Crippen LogP contribution in [0.15, 0.2) is 41.5 Å². The molecule has 7 nitrogen and oxygen atoms in total. The average Bonchev–Trinajstić information content (AvgIpc) is 2.61. The topological polar surface area (TPSA) is 97.2 Å². The van der Waals surface area contributed by atoms with Crippen molar-refractivity contribution in [2.45, 2.75) is 13.8 Å². The summed E-state index contributed by atoms with van der Waals surface area (Å²) < 4.78 is 10.6. The lowest BCUT2D eigenvalue weighted by atomic mass is 10.1. The van der Waals surface area contributed by atoms with Gasteiger partial charge in [-0.25, -0.2) is 10.2 Å². The molecule has 2 aromatic carbocycles. The Labute approximate surface area is 161 Å². The van der Waals surface area contributed by atoms with Gasteiger partial charge in [-0.05, 0) is 43.2 Å². The van der Waals surface area contributed by atoms with Crippen LogP contribution in [0.1, 0.15) is 28.4 Å². The highest BCUT2D eigenvalue weighted by molar-refractivity contribution is 6.32. The second-order valence-electron chi connectivity index (χ2n) is 5.46. The number of carbonyl (C=O) groups is 2. The number of amides is 1. The van der Waals surface area contributed by atoms with Gasteiger partial charge in [-0.2, -0.15) is 5.10 Å². The molecule has 0 unspecified atom stereocenters. The molecule has 27 heavy (non-hydrogen) atoms. The Morgan fingerprint density at radius 3 is 2.67 bits per heavy atom. The SMILES string of the molecule is CCOc1cc(/C=N/NC(=O)c2ccccc2C)cc(Cl)c1OCC(=O)O. The summed E-state index contributed by atoms with van der Waals surface area (Å²) in [5.41, 5.74) is 4.37. The predicted octanol–water partition coefficient (Wildman–Crippen LogP) is 3.27. The quantitative estimate of drug-likeness (QED) is 0.532. The number of carboxylic acids is 1. The molecule has 0 saturated heterocycles. The molecule has 8 heteroatoms. The number of hydrogen-bond acceptors (Lipinski definition) is 5. The molecule has 2 rings (SSSR count). The molecule has 0 heterocycles. The van der Waals surface area contributed by atoms with E-state index >= 15 is 0 Å². The van der Waals surface area contributed by atoms with Crippen LogP contribution in [-0.4, -0.2) is 36.4 Å². The molecular weight excluding hydrogens is 372 g/mol. The van der Waals surface area contributed by atoms with E-state index in [9.17, 15) is 9.59 Å². The minimum absolute atomic E-state index is 0.141. The van der Waals surface area contributed by atoms with E-state index in [4.69, 9.17) is 26.2 Å². The van der Waals surface area contributed by atoms with Crippen LogP contribution in [0.25, 0.3) is 0 Å². The molecule has 2 aromatic rings. The monoisotopic (exact) mass is 390 g/mol. The van der Waals surface area contributed by atoms with Gasteiger partial charge in [0.15, 0.2) is 18.1 Å². The van der Waals surface area contributed by atoms with Crippen LogP contribution in [0.3, 0.4) is 0 Å². The number of hydrazone groups is 1. The van der Waals surface area contributed by atoms with Gasteiger partial charge in [0, 0.05) is 5.56 Å². The number of ether oxygens (including phenoxy) is 2. The van der Waals surface area contributed by atoms with Crippen molar-refractivity contribution < 1.29 is 24.2 Å². The molecule has 0 bridgehead atoms. The van der Waals surface area contributed by atoms with Gasteiger partial charge in [-0.15, -0.1) is 0 Å². The fourth-order valence-electron chi connectivity index (χ4n) is 2.25. The summed E-state index contributed by atoms with van der Waals surface area (Å²) >= 11 is 6.16. The smallest absolute Gasteiger partial charge is 0.341 e. The van der Waals surface area contributed by atoms with Crippen molar-refractivity contribution in [3.8, 4) is 11.5 Å². The third-order valence-electron chi connectivity index (χ3n) is 3.44. The summed E-state index contributed by atoms with van der Waals surface area (Å²) in [6.07, 6.45) is 1.41. The first kappa shape index (κ1) is 20.3. The van der Waals surface area contributed by atoms with Gasteiger partial charge in [0.2, 0.25) is 0 Å². The van der Waals surface area contributed by atoms with E-state index in [1.165, 1.54) is 12.3 Å². The van der Waals surface area contributed by atoms with Crippen LogP contribution in [0.5, 0.6) is 11.5 Å². The van der Waals surface area contributed by atoms with Crippen LogP contribution in [-0.2, 0) is 4.79 Å². The van der Waals surface area contributed by atoms with Crippen LogP contribution < -0.4 is 14.9 Å². The summed E-state index contributed by atoms with van der Waals surface area (Å²) in [6, 6.07) is 10.3. The summed E-state index contributed by atoms with van der Waals surface area (Å²) in [7, 11) is 0. The number of aliphatic carboxylic acids is 1. The molecule has 0 aromatic heterocycles. The van der Waals surface area contributed by atoms with Gasteiger partial charge in [0.25, 0.3) is 5.91 Å². The van der Waals surface area contributed by atoms with Crippen molar-refractivity contribution in [2.75, 3.05) is 13.2 Å². The molecule has 1 amide bonds. The number of rotatable bonds is 8. The number of nitrogens with one attached hydrogen (secondary N) is 1. The van der Waals surface area contributed by atoms with E-state index in [2.05, 4.69) is 10.5 Å². The van der Waals surface area contributed by atoms with Crippen LogP contribution in [0, 0.1) is 6.92 Å². The Kier molecular flexibility index (Phi) is 7.19. The Balaban J connectivity index is 2.15. The highest BCUT2D eigenvalue weighted by Gasteiger charge is 2.14. The number of nitrogens with zero attached hydrogens (tertiary/aromatic N) is 1. The Hall–Kier alpha value is -3.06. The highest BCUT2D eigenvalue weighted by Crippen LogP contribution is 2.36. The van der Waals surface area contributed by atoms with E-state index < -0.39 is 12.6 Å². The van der Waals surface area contributed by atoms with Gasteiger partial charge in [-0.3, -0.25) is 4.79 Å². The minimum atomic E-state index is -1.13. The maximum atomic E-state index is 12.1. The van der Waals surface area contributed by atoms with Crippen molar-refractivity contribution in [3.05, 3.63) is 58.1 Å². The maximum absolute atomic E-state index is 12.1. The summed E-state index contributed by atoms with van der Waals surface area (Å²) in [6.45, 7) is 3.41. The normalized spacial score (nSPS) is 10.6. The van der Waals surface area contributed by atoms with E-state index in [-0.39, 0.29) is 22.4 Å². The lowest BCUT2D eigenvalue weighted by Crippen LogP contribution is -2.18. The van der Waals surface area contributed by atoms with Crippen LogP contribution >= 0.6 is 11.6 Å². The Morgan fingerprint density at radius 1 is 1.26 bits per heavy atom. The van der Waals surface area contributed by atoms with Gasteiger partial charge in [-0.1, -0.05) is 29.8 Å². The number of hydrogen-bond donors (Lipinski definition) is 2. The zero-order valence-corrected chi connectivity index (χ0v) is 15.6. The lowest BCUT2D eigenvalue weighted by Gasteiger charge is -2.13. The molecule has 0 atom stereocenters. The number of benzene rings is 2. The molecule has 0 saturated carbocycles. The van der Waals surface area contributed by atoms with Crippen molar-refractivity contribution in [1.82, 2.24) is 5.43 Å². The summed E-state index contributed by atoms with van der Waals surface area (Å²) in [5, 5.41) is 12.9. The molecule has 0 aliphatic carbocycles. The zero-order chi connectivity index (χ0) is 19.8. The molecule has 0 fully saturated rings. The van der Waals surface area contributed by atoms with E-state index in [0.29, 0.717) is 17.7 Å². The van der Waals surface area contributed by atoms with E-state index in [1.807, 2.05) is 19.1 Å². The lowest BCUT2D eigenvalue weighted by molar-refractivity contribution is -0.139. The van der Waals surface area contributed by atoms with Crippen molar-refractivity contribution in [2.24, 2.45) is 5.10 Å². The fraction of sp³-hybridized carbons (Fsp3) is 0.211. The summed E-state index contributed by atoms with van der Waals surface area (Å²) in [5.74, 6) is -1.03. The number of carboxylic acid groups (broad SMARTS) is 1. The van der Waals surface area contributed by atoms with Crippen LogP contribution in [0.4, 0.5) is 0 Å². The highest BCUT2D eigenvalue weighted by atomic mass is 35.5. The Bertz CT molecular complexity index is 867. The standard InChI is InChI=1S/C19H19ClN2O5/c1-3-26-16-9-13(8-15(20)18(16)27-11-17(23)24)10-21-22-19(25)14-7-5-4-6-12(14)2/h4-10H,3,11H2,1-2H3,(H,22,25)(H,23,24)/b21-10+. The second-order valence-corrected chi connectivity index (χ2v) is 5.87. The number of halogens is 1.